The summed E-state index contributed by atoms with van der Waals surface area (Å²) >= 11 is 2.82. The Balaban J connectivity index is 1.81. The largest absolute Gasteiger partial charge is 0.465 e. The number of hydrogen-bond acceptors (Lipinski definition) is 5. The van der Waals surface area contributed by atoms with Gasteiger partial charge >= 0.3 is 6.09 Å². The molecule has 8 heteroatoms. The number of benzene rings is 1. The van der Waals surface area contributed by atoms with E-state index in [0.717, 1.165) is 31.2 Å². The summed E-state index contributed by atoms with van der Waals surface area (Å²) in [7, 11) is 0. The van der Waals surface area contributed by atoms with Crippen molar-refractivity contribution in [3.8, 4) is 10.6 Å². The second kappa shape index (κ2) is 5.17. The molecule has 0 saturated carbocycles. The number of anilines is 1. The molecule has 3 heterocycles. The van der Waals surface area contributed by atoms with E-state index in [0.29, 0.717) is 24.5 Å². The van der Waals surface area contributed by atoms with Gasteiger partial charge in [-0.25, -0.2) is 14.2 Å². The number of amides is 1. The van der Waals surface area contributed by atoms with E-state index < -0.39 is 6.09 Å². The van der Waals surface area contributed by atoms with Gasteiger partial charge in [0.1, 0.15) is 10.8 Å². The topological polar surface area (TPSA) is 79.5 Å². The lowest BCUT2D eigenvalue weighted by atomic mass is 10.0. The quantitative estimate of drug-likeness (QED) is 0.701. The Bertz CT molecular complexity index is 934. The van der Waals surface area contributed by atoms with Crippen LogP contribution in [0.2, 0.25) is 0 Å². The zero-order valence-electron chi connectivity index (χ0n) is 11.9. The molecule has 0 bridgehead atoms. The first-order valence-electron chi connectivity index (χ1n) is 6.97. The minimum absolute atomic E-state index is 0.287. The molecular formula is C15H12FN3O2S2. The normalized spacial score (nSPS) is 14.2. The average molecular weight is 349 g/mol. The lowest BCUT2D eigenvalue weighted by Crippen LogP contribution is -2.34. The molecule has 0 atom stereocenters. The number of nitrogens with two attached hydrogens (primary N) is 1. The van der Waals surface area contributed by atoms with Crippen LogP contribution in [0.1, 0.15) is 10.4 Å². The number of halogens is 1. The zero-order valence-corrected chi connectivity index (χ0v) is 13.5. The number of aromatic nitrogens is 1. The van der Waals surface area contributed by atoms with Gasteiger partial charge in [-0.15, -0.1) is 22.7 Å². The molecule has 3 N–H and O–H groups in total. The van der Waals surface area contributed by atoms with Gasteiger partial charge in [0.05, 0.1) is 21.8 Å². The van der Waals surface area contributed by atoms with Crippen LogP contribution < -0.4 is 5.73 Å². The number of hydrogen-bond donors (Lipinski definition) is 2. The van der Waals surface area contributed by atoms with Crippen molar-refractivity contribution in [1.82, 2.24) is 9.88 Å². The zero-order chi connectivity index (χ0) is 16.1. The number of nitrogen functional groups attached to an aromatic ring is 1. The van der Waals surface area contributed by atoms with E-state index >= 15 is 0 Å². The molecule has 0 spiro atoms. The average Bonchev–Trinajstić information content (AvgIpc) is 3.04. The molecule has 5 nitrogen and oxygen atoms in total. The van der Waals surface area contributed by atoms with Gasteiger partial charge < -0.3 is 15.7 Å². The van der Waals surface area contributed by atoms with Crippen molar-refractivity contribution in [3.05, 3.63) is 34.5 Å². The molecule has 118 valence electrons. The van der Waals surface area contributed by atoms with E-state index in [9.17, 15) is 9.18 Å². The van der Waals surface area contributed by atoms with Crippen molar-refractivity contribution in [2.24, 2.45) is 0 Å². The molecule has 3 aromatic rings. The lowest BCUT2D eigenvalue weighted by molar-refractivity contribution is 0.140. The van der Waals surface area contributed by atoms with Crippen LogP contribution in [0.15, 0.2) is 18.2 Å². The van der Waals surface area contributed by atoms with Crippen molar-refractivity contribution >= 4 is 44.0 Å². The highest BCUT2D eigenvalue weighted by Gasteiger charge is 2.27. The minimum Gasteiger partial charge on any atom is -0.465 e. The summed E-state index contributed by atoms with van der Waals surface area (Å²) in [5.41, 5.74) is 8.88. The van der Waals surface area contributed by atoms with Crippen LogP contribution in [-0.4, -0.2) is 27.6 Å². The monoisotopic (exact) mass is 349 g/mol. The summed E-state index contributed by atoms with van der Waals surface area (Å²) in [5, 5.41) is 10.5. The van der Waals surface area contributed by atoms with Crippen LogP contribution in [-0.2, 0) is 13.0 Å². The summed E-state index contributed by atoms with van der Waals surface area (Å²) < 4.78 is 14.1. The van der Waals surface area contributed by atoms with Crippen LogP contribution in [0.3, 0.4) is 0 Å². The highest BCUT2D eigenvalue weighted by Crippen LogP contribution is 2.44. The molecule has 4 rings (SSSR count). The predicted molar refractivity (Wildman–Crippen MR) is 89.4 cm³/mol. The number of carboxylic acid groups (broad SMARTS) is 1. The van der Waals surface area contributed by atoms with Crippen molar-refractivity contribution in [2.45, 2.75) is 13.0 Å². The van der Waals surface area contributed by atoms with E-state index in [1.807, 2.05) is 0 Å². The number of carbonyl (C=O) groups is 1. The van der Waals surface area contributed by atoms with E-state index in [2.05, 4.69) is 4.98 Å². The molecule has 1 aliphatic rings. The Morgan fingerprint density at radius 3 is 3.00 bits per heavy atom. The maximum absolute atomic E-state index is 13.4. The molecule has 0 unspecified atom stereocenters. The Labute approximate surface area is 138 Å². The minimum atomic E-state index is -0.917. The van der Waals surface area contributed by atoms with Crippen LogP contribution in [0.25, 0.3) is 20.8 Å². The van der Waals surface area contributed by atoms with E-state index in [1.54, 1.807) is 6.07 Å². The maximum Gasteiger partial charge on any atom is 0.407 e. The summed E-state index contributed by atoms with van der Waals surface area (Å²) in [6.45, 7) is 0.810. The molecule has 0 aliphatic carbocycles. The first kappa shape index (κ1) is 14.4. The fourth-order valence-electron chi connectivity index (χ4n) is 2.83. The Kier molecular flexibility index (Phi) is 3.24. The summed E-state index contributed by atoms with van der Waals surface area (Å²) in [4.78, 5) is 18.1. The molecule has 23 heavy (non-hydrogen) atoms. The first-order valence-corrected chi connectivity index (χ1v) is 8.60. The SMILES string of the molecule is Nc1sc2c(c1-c1nc3ccc(F)cc3s1)CCN(C(=O)O)C2. The van der Waals surface area contributed by atoms with Gasteiger partial charge in [0.2, 0.25) is 0 Å². The maximum atomic E-state index is 13.4. The van der Waals surface area contributed by atoms with Gasteiger partial charge in [0.15, 0.2) is 0 Å². The van der Waals surface area contributed by atoms with E-state index in [4.69, 9.17) is 10.8 Å². The van der Waals surface area contributed by atoms with Gasteiger partial charge in [0.25, 0.3) is 0 Å². The molecule has 2 aromatic heterocycles. The molecular weight excluding hydrogens is 337 g/mol. The Hall–Kier alpha value is -2.19. The standard InChI is InChI=1S/C15H12FN3O2S2/c16-7-1-2-9-10(5-7)23-14(18-9)12-8-3-4-19(15(20)21)6-11(8)22-13(12)17/h1-2,5H,3-4,6,17H2,(H,20,21). The van der Waals surface area contributed by atoms with E-state index in [-0.39, 0.29) is 5.82 Å². The highest BCUT2D eigenvalue weighted by atomic mass is 32.1. The molecule has 1 amide bonds. The lowest BCUT2D eigenvalue weighted by Gasteiger charge is -2.24. The van der Waals surface area contributed by atoms with Gasteiger partial charge in [-0.2, -0.15) is 0 Å². The van der Waals surface area contributed by atoms with Crippen LogP contribution >= 0.6 is 22.7 Å². The smallest absolute Gasteiger partial charge is 0.407 e. The molecule has 0 radical (unpaired) electrons. The third-order valence-electron chi connectivity index (χ3n) is 3.92. The van der Waals surface area contributed by atoms with Gasteiger partial charge in [-0.1, -0.05) is 0 Å². The molecule has 0 fully saturated rings. The Morgan fingerprint density at radius 1 is 1.39 bits per heavy atom. The number of thiazole rings is 1. The number of thiophene rings is 1. The van der Waals surface area contributed by atoms with E-state index in [1.165, 1.54) is 39.7 Å². The van der Waals surface area contributed by atoms with Crippen molar-refractivity contribution in [1.29, 1.82) is 0 Å². The molecule has 1 aromatic carbocycles. The number of rotatable bonds is 1. The fraction of sp³-hybridized carbons (Fsp3) is 0.200. The van der Waals surface area contributed by atoms with Gasteiger partial charge in [-0.3, -0.25) is 0 Å². The fourth-order valence-corrected chi connectivity index (χ4v) is 5.10. The highest BCUT2D eigenvalue weighted by molar-refractivity contribution is 7.22. The second-order valence-corrected chi connectivity index (χ2v) is 7.50. The van der Waals surface area contributed by atoms with Crippen LogP contribution in [0.5, 0.6) is 0 Å². The summed E-state index contributed by atoms with van der Waals surface area (Å²) in [5.74, 6) is -0.287. The van der Waals surface area contributed by atoms with Crippen molar-refractivity contribution < 1.29 is 14.3 Å². The van der Waals surface area contributed by atoms with Gasteiger partial charge in [0, 0.05) is 17.0 Å². The third kappa shape index (κ3) is 2.34. The van der Waals surface area contributed by atoms with Crippen molar-refractivity contribution in [2.75, 3.05) is 12.3 Å². The Morgan fingerprint density at radius 2 is 2.22 bits per heavy atom. The molecule has 1 aliphatic heterocycles. The first-order chi connectivity index (χ1) is 11.0. The molecule has 0 saturated heterocycles. The van der Waals surface area contributed by atoms with Crippen molar-refractivity contribution in [3.63, 3.8) is 0 Å². The van der Waals surface area contributed by atoms with Crippen LogP contribution in [0.4, 0.5) is 14.2 Å². The third-order valence-corrected chi connectivity index (χ3v) is 6.00. The summed E-state index contributed by atoms with van der Waals surface area (Å²) in [6.07, 6.45) is -0.297. The summed E-state index contributed by atoms with van der Waals surface area (Å²) in [6, 6.07) is 4.52. The van der Waals surface area contributed by atoms with Crippen LogP contribution in [0, 0.1) is 5.82 Å². The number of fused-ring (bicyclic) bond motifs is 2. The second-order valence-electron chi connectivity index (χ2n) is 5.33. The number of nitrogens with zero attached hydrogens (tertiary/aromatic N) is 2. The van der Waals surface area contributed by atoms with Gasteiger partial charge in [-0.05, 0) is 30.2 Å². The predicted octanol–water partition coefficient (Wildman–Crippen LogP) is 3.78.